The van der Waals surface area contributed by atoms with E-state index in [0.717, 1.165) is 0 Å². The number of nitrogens with one attached hydrogen (secondary N) is 1. The first kappa shape index (κ1) is 6.86. The van der Waals surface area contributed by atoms with Gasteiger partial charge in [-0.25, -0.2) is 0 Å². The Bertz CT molecular complexity index is 190. The zero-order valence-electron chi connectivity index (χ0n) is 5.57. The van der Waals surface area contributed by atoms with Gasteiger partial charge < -0.3 is 0 Å². The first-order valence-electron chi connectivity index (χ1n) is 2.81. The van der Waals surface area contributed by atoms with Crippen molar-refractivity contribution < 1.29 is 9.53 Å². The van der Waals surface area contributed by atoms with Crippen LogP contribution in [0, 0.1) is 0 Å². The standard InChI is InChI=1S/C5H7BN2O2/c1-10-5(9)8-6-3-2-4-7-8/h2-4,7H,1H3. The topological polar surface area (TPSA) is 41.6 Å². The Kier molecular flexibility index (Phi) is 2.09. The van der Waals surface area contributed by atoms with Crippen molar-refractivity contribution in [1.82, 2.24) is 10.3 Å². The van der Waals surface area contributed by atoms with Crippen LogP contribution in [0.4, 0.5) is 4.79 Å². The number of nitrogens with zero attached hydrogens (tertiary/aromatic N) is 1. The number of methoxy groups -OCH3 is 1. The van der Waals surface area contributed by atoms with Crippen LogP contribution in [0.1, 0.15) is 0 Å². The second kappa shape index (κ2) is 3.05. The fourth-order valence-corrected chi connectivity index (χ4v) is 0.570. The molecule has 4 nitrogen and oxygen atoms in total. The van der Waals surface area contributed by atoms with Crippen molar-refractivity contribution in [1.29, 1.82) is 0 Å². The monoisotopic (exact) mass is 138 g/mol. The van der Waals surface area contributed by atoms with Crippen LogP contribution in [0.2, 0.25) is 0 Å². The molecule has 0 spiro atoms. The van der Waals surface area contributed by atoms with E-state index in [1.807, 2.05) is 0 Å². The van der Waals surface area contributed by atoms with Crippen molar-refractivity contribution in [3.8, 4) is 0 Å². The van der Waals surface area contributed by atoms with Crippen LogP contribution in [-0.2, 0) is 4.74 Å². The van der Waals surface area contributed by atoms with Crippen LogP contribution in [0.3, 0.4) is 0 Å². The molecule has 1 N–H and O–H groups in total. The molecule has 1 aliphatic rings. The van der Waals surface area contributed by atoms with E-state index < -0.39 is 6.09 Å². The molecular formula is C5H7BN2O2. The predicted octanol–water partition coefficient (Wildman–Crippen LogP) is -0.492. The average Bonchev–Trinajstić information content (AvgIpc) is 2.05. The minimum absolute atomic E-state index is 0.430. The molecule has 0 fully saturated rings. The van der Waals surface area contributed by atoms with E-state index in [-0.39, 0.29) is 0 Å². The van der Waals surface area contributed by atoms with Crippen molar-refractivity contribution >= 4 is 19.1 Å². The van der Waals surface area contributed by atoms with E-state index in [2.05, 4.69) is 10.2 Å². The number of carbonyl (C=O) groups excluding carboxylic acids is 1. The summed E-state index contributed by atoms with van der Waals surface area (Å²) in [5, 5.41) is 0. The molecular weight excluding hydrogens is 131 g/mol. The van der Waals surface area contributed by atoms with Gasteiger partial charge in [0, 0.05) is 0 Å². The first-order valence-corrected chi connectivity index (χ1v) is 2.81. The zero-order chi connectivity index (χ0) is 7.40. The van der Waals surface area contributed by atoms with Crippen LogP contribution in [-0.4, -0.2) is 31.1 Å². The summed E-state index contributed by atoms with van der Waals surface area (Å²) in [4.78, 5) is 12.0. The van der Waals surface area contributed by atoms with Gasteiger partial charge in [-0.2, -0.15) is 0 Å². The van der Waals surface area contributed by atoms with Crippen LogP contribution < -0.4 is 5.43 Å². The molecule has 0 aromatic heterocycles. The van der Waals surface area contributed by atoms with Gasteiger partial charge >= 0.3 is 58.4 Å². The van der Waals surface area contributed by atoms with Gasteiger partial charge in [0.05, 0.1) is 0 Å². The molecule has 10 heavy (non-hydrogen) atoms. The van der Waals surface area contributed by atoms with Gasteiger partial charge in [0.1, 0.15) is 0 Å². The number of carbonyl (C=O) groups is 1. The number of rotatable bonds is 0. The molecule has 1 aliphatic heterocycles. The van der Waals surface area contributed by atoms with Crippen molar-refractivity contribution in [2.45, 2.75) is 0 Å². The molecule has 0 atom stereocenters. The van der Waals surface area contributed by atoms with Gasteiger partial charge in [0.15, 0.2) is 0 Å². The van der Waals surface area contributed by atoms with E-state index in [1.54, 1.807) is 25.3 Å². The number of hydrazine groups is 1. The molecule has 5 heteroatoms. The summed E-state index contributed by atoms with van der Waals surface area (Å²) in [5.41, 5.74) is 2.66. The van der Waals surface area contributed by atoms with Crippen molar-refractivity contribution in [2.75, 3.05) is 7.11 Å². The van der Waals surface area contributed by atoms with Crippen LogP contribution in [0.25, 0.3) is 0 Å². The maximum atomic E-state index is 10.7. The molecule has 0 bridgehead atoms. The zero-order valence-corrected chi connectivity index (χ0v) is 5.57. The summed E-state index contributed by atoms with van der Waals surface area (Å²) in [6, 6.07) is 0. The molecule has 0 aliphatic carbocycles. The van der Waals surface area contributed by atoms with E-state index in [0.29, 0.717) is 0 Å². The number of ether oxygens (including phenoxy) is 1. The average molecular weight is 138 g/mol. The molecule has 0 radical (unpaired) electrons. The fraction of sp³-hybridized carbons (Fsp3) is 0.200. The second-order valence-electron chi connectivity index (χ2n) is 1.67. The minimum atomic E-state index is -0.430. The summed E-state index contributed by atoms with van der Waals surface area (Å²) in [6.07, 6.45) is 2.98. The van der Waals surface area contributed by atoms with Crippen molar-refractivity contribution in [3.05, 3.63) is 12.3 Å². The van der Waals surface area contributed by atoms with Crippen LogP contribution in [0.5, 0.6) is 0 Å². The summed E-state index contributed by atoms with van der Waals surface area (Å²) in [5.74, 6) is 1.73. The summed E-state index contributed by atoms with van der Waals surface area (Å²) < 4.78 is 4.43. The maximum absolute atomic E-state index is 10.7. The van der Waals surface area contributed by atoms with Crippen LogP contribution >= 0.6 is 0 Å². The second-order valence-corrected chi connectivity index (χ2v) is 1.67. The number of hydrogen-bond donors (Lipinski definition) is 1. The molecule has 0 unspecified atom stereocenters. The molecule has 0 saturated heterocycles. The first-order chi connectivity index (χ1) is 4.84. The number of amides is 1. The molecule has 0 aromatic rings. The fourth-order valence-electron chi connectivity index (χ4n) is 0.570. The van der Waals surface area contributed by atoms with E-state index in [1.165, 1.54) is 12.0 Å². The molecule has 52 valence electrons. The third-order valence-electron chi connectivity index (χ3n) is 1.03. The molecule has 0 saturated carbocycles. The predicted molar refractivity (Wildman–Crippen MR) is 38.3 cm³/mol. The summed E-state index contributed by atoms with van der Waals surface area (Å²) in [6.45, 7) is 0. The van der Waals surface area contributed by atoms with E-state index in [4.69, 9.17) is 0 Å². The van der Waals surface area contributed by atoms with Gasteiger partial charge in [-0.1, -0.05) is 0 Å². The summed E-state index contributed by atoms with van der Waals surface area (Å²) >= 11 is 0. The molecule has 1 rings (SSSR count). The van der Waals surface area contributed by atoms with Crippen molar-refractivity contribution in [2.24, 2.45) is 0 Å². The number of hydrogen-bond acceptors (Lipinski definition) is 3. The van der Waals surface area contributed by atoms with Gasteiger partial charge in [0.2, 0.25) is 0 Å². The molecule has 0 aromatic carbocycles. The van der Waals surface area contributed by atoms with Crippen LogP contribution in [0.15, 0.2) is 12.3 Å². The SMILES string of the molecule is COC(=O)N1B=CC=CN1. The normalized spacial score (nSPS) is 13.9. The van der Waals surface area contributed by atoms with Gasteiger partial charge in [-0.05, 0) is 0 Å². The third-order valence-corrected chi connectivity index (χ3v) is 1.03. The third kappa shape index (κ3) is 1.37. The quantitative estimate of drug-likeness (QED) is 0.459. The Balaban J connectivity index is 2.51. The Morgan fingerprint density at radius 3 is 3.10 bits per heavy atom. The Morgan fingerprint density at radius 1 is 1.80 bits per heavy atom. The Labute approximate surface area is 59.4 Å². The van der Waals surface area contributed by atoms with E-state index >= 15 is 0 Å². The molecule has 1 heterocycles. The van der Waals surface area contributed by atoms with Crippen molar-refractivity contribution in [3.63, 3.8) is 0 Å². The van der Waals surface area contributed by atoms with Gasteiger partial charge in [-0.15, -0.1) is 0 Å². The van der Waals surface area contributed by atoms with Gasteiger partial charge in [0.25, 0.3) is 0 Å². The summed E-state index contributed by atoms with van der Waals surface area (Å²) in [7, 11) is 2.90. The van der Waals surface area contributed by atoms with Gasteiger partial charge in [-0.3, -0.25) is 0 Å². The Hall–Kier alpha value is -1.26. The number of allylic oxidation sites excluding steroid dienone is 1. The molecule has 1 amide bonds. The van der Waals surface area contributed by atoms with E-state index in [9.17, 15) is 4.79 Å². The Morgan fingerprint density at radius 2 is 2.60 bits per heavy atom.